The van der Waals surface area contributed by atoms with Gasteiger partial charge in [0.05, 0.1) is 6.54 Å². The summed E-state index contributed by atoms with van der Waals surface area (Å²) in [5, 5.41) is 17.8. The molecule has 0 aromatic heterocycles. The van der Waals surface area contributed by atoms with Gasteiger partial charge in [0.2, 0.25) is 5.91 Å². The molecule has 8 nitrogen and oxygen atoms in total. The van der Waals surface area contributed by atoms with Crippen molar-refractivity contribution in [1.29, 1.82) is 0 Å². The second-order valence-electron chi connectivity index (χ2n) is 6.72. The number of nitrogens with one attached hydrogen (secondary N) is 3. The number of carbonyl (C=O) groups is 3. The third kappa shape index (κ3) is 7.21. The summed E-state index contributed by atoms with van der Waals surface area (Å²) in [6.07, 6.45) is 0.989. The van der Waals surface area contributed by atoms with Gasteiger partial charge in [-0.05, 0) is 35.2 Å². The molecule has 0 radical (unpaired) electrons. The van der Waals surface area contributed by atoms with Crippen LogP contribution in [0.15, 0.2) is 48.5 Å². The van der Waals surface area contributed by atoms with E-state index in [9.17, 15) is 19.6 Å². The van der Waals surface area contributed by atoms with E-state index in [1.54, 1.807) is 12.1 Å². The summed E-state index contributed by atoms with van der Waals surface area (Å²) in [6.45, 7) is 3.97. The Balaban J connectivity index is 1.76. The molecule has 0 bridgehead atoms. The molecule has 30 heavy (non-hydrogen) atoms. The summed E-state index contributed by atoms with van der Waals surface area (Å²) in [5.41, 5.74) is 3.87. The topological polar surface area (TPSA) is 111 Å². The number of nitrogens with zero attached hydrogens (tertiary/aromatic N) is 1. The van der Waals surface area contributed by atoms with Gasteiger partial charge in [-0.2, -0.15) is 0 Å². The Hall–Kier alpha value is -3.39. The zero-order chi connectivity index (χ0) is 21.9. The Morgan fingerprint density at radius 3 is 1.97 bits per heavy atom. The predicted octanol–water partition coefficient (Wildman–Crippen LogP) is 2.18. The molecule has 0 fully saturated rings. The lowest BCUT2D eigenvalue weighted by Crippen LogP contribution is -2.44. The number of carbonyl (C=O) groups excluding carboxylic acids is 3. The van der Waals surface area contributed by atoms with Gasteiger partial charge in [0, 0.05) is 32.1 Å². The highest BCUT2D eigenvalue weighted by Crippen LogP contribution is 2.20. The molecule has 2 rings (SSSR count). The zero-order valence-corrected chi connectivity index (χ0v) is 17.3. The SMILES string of the molecule is CCc1ccc(-c2ccc(C(=O)NCCN(O)C(=O)NCCNC(C)=O)cc2)cc1. The molecule has 2 aromatic rings. The summed E-state index contributed by atoms with van der Waals surface area (Å²) in [7, 11) is 0. The summed E-state index contributed by atoms with van der Waals surface area (Å²) < 4.78 is 0. The number of aryl methyl sites for hydroxylation is 1. The third-order valence-corrected chi connectivity index (χ3v) is 4.46. The molecule has 0 aliphatic carbocycles. The van der Waals surface area contributed by atoms with Crippen molar-refractivity contribution in [2.75, 3.05) is 26.2 Å². The van der Waals surface area contributed by atoms with Crippen LogP contribution in [-0.2, 0) is 11.2 Å². The van der Waals surface area contributed by atoms with E-state index >= 15 is 0 Å². The molecule has 0 aliphatic rings. The van der Waals surface area contributed by atoms with Crippen LogP contribution < -0.4 is 16.0 Å². The number of hydroxylamine groups is 2. The molecular formula is C22H28N4O4. The van der Waals surface area contributed by atoms with Crippen LogP contribution in [0.4, 0.5) is 4.79 Å². The van der Waals surface area contributed by atoms with Crippen molar-refractivity contribution < 1.29 is 19.6 Å². The van der Waals surface area contributed by atoms with Crippen LogP contribution in [0.5, 0.6) is 0 Å². The normalized spacial score (nSPS) is 10.2. The smallest absolute Gasteiger partial charge is 0.341 e. The van der Waals surface area contributed by atoms with Crippen LogP contribution in [0, 0.1) is 0 Å². The number of benzene rings is 2. The molecule has 0 saturated carbocycles. The van der Waals surface area contributed by atoms with Gasteiger partial charge >= 0.3 is 6.03 Å². The van der Waals surface area contributed by atoms with E-state index in [4.69, 9.17) is 0 Å². The first-order chi connectivity index (χ1) is 14.4. The summed E-state index contributed by atoms with van der Waals surface area (Å²) in [6, 6.07) is 14.9. The Bertz CT molecular complexity index is 850. The third-order valence-electron chi connectivity index (χ3n) is 4.46. The Morgan fingerprint density at radius 1 is 0.833 bits per heavy atom. The van der Waals surface area contributed by atoms with Crippen LogP contribution in [0.2, 0.25) is 0 Å². The first-order valence-corrected chi connectivity index (χ1v) is 9.87. The fraction of sp³-hybridized carbons (Fsp3) is 0.318. The molecule has 0 saturated heterocycles. The van der Waals surface area contributed by atoms with Crippen LogP contribution in [-0.4, -0.2) is 54.3 Å². The van der Waals surface area contributed by atoms with Crippen LogP contribution in [0.25, 0.3) is 11.1 Å². The number of urea groups is 1. The minimum atomic E-state index is -0.701. The van der Waals surface area contributed by atoms with Crippen LogP contribution in [0.3, 0.4) is 0 Å². The van der Waals surface area contributed by atoms with E-state index in [1.807, 2.05) is 12.1 Å². The lowest BCUT2D eigenvalue weighted by Gasteiger charge is -2.16. The minimum Gasteiger partial charge on any atom is -0.355 e. The van der Waals surface area contributed by atoms with E-state index in [0.717, 1.165) is 17.5 Å². The van der Waals surface area contributed by atoms with Crippen molar-refractivity contribution >= 4 is 17.8 Å². The maximum Gasteiger partial charge on any atom is 0.341 e. The number of hydrogen-bond donors (Lipinski definition) is 4. The molecule has 0 spiro atoms. The molecule has 160 valence electrons. The van der Waals surface area contributed by atoms with Gasteiger partial charge in [-0.1, -0.05) is 43.3 Å². The molecular weight excluding hydrogens is 384 g/mol. The lowest BCUT2D eigenvalue weighted by atomic mass is 10.0. The van der Waals surface area contributed by atoms with Crippen molar-refractivity contribution in [2.24, 2.45) is 0 Å². The largest absolute Gasteiger partial charge is 0.355 e. The van der Waals surface area contributed by atoms with Gasteiger partial charge in [0.25, 0.3) is 5.91 Å². The fourth-order valence-corrected chi connectivity index (χ4v) is 2.73. The van der Waals surface area contributed by atoms with E-state index in [2.05, 4.69) is 47.1 Å². The molecule has 0 heterocycles. The Labute approximate surface area is 176 Å². The van der Waals surface area contributed by atoms with E-state index in [1.165, 1.54) is 12.5 Å². The van der Waals surface area contributed by atoms with Gasteiger partial charge in [-0.15, -0.1) is 0 Å². The van der Waals surface area contributed by atoms with Crippen LogP contribution >= 0.6 is 0 Å². The van der Waals surface area contributed by atoms with Crippen molar-refractivity contribution in [1.82, 2.24) is 21.0 Å². The Morgan fingerprint density at radius 2 is 1.40 bits per heavy atom. The summed E-state index contributed by atoms with van der Waals surface area (Å²) >= 11 is 0. The average Bonchev–Trinajstić information content (AvgIpc) is 2.76. The minimum absolute atomic E-state index is 0.0699. The lowest BCUT2D eigenvalue weighted by molar-refractivity contribution is -0.118. The van der Waals surface area contributed by atoms with Crippen LogP contribution in [0.1, 0.15) is 29.8 Å². The summed E-state index contributed by atoms with van der Waals surface area (Å²) in [5.74, 6) is -0.488. The molecule has 2 aromatic carbocycles. The first kappa shape index (κ1) is 22.9. The quantitative estimate of drug-likeness (QED) is 0.287. The summed E-state index contributed by atoms with van der Waals surface area (Å²) in [4.78, 5) is 34.7. The van der Waals surface area contributed by atoms with E-state index < -0.39 is 6.03 Å². The molecule has 4 N–H and O–H groups in total. The van der Waals surface area contributed by atoms with Gasteiger partial charge < -0.3 is 16.0 Å². The standard InChI is InChI=1S/C22H28N4O4/c1-3-17-4-6-18(7-5-17)19-8-10-20(11-9-19)21(28)24-14-15-26(30)22(29)25-13-12-23-16(2)27/h4-11,30H,3,12-15H2,1-2H3,(H,23,27)(H,24,28)(H,25,29). The highest BCUT2D eigenvalue weighted by Gasteiger charge is 2.11. The first-order valence-electron chi connectivity index (χ1n) is 9.87. The molecule has 4 amide bonds. The average molecular weight is 412 g/mol. The fourth-order valence-electron chi connectivity index (χ4n) is 2.73. The molecule has 8 heteroatoms. The van der Waals surface area contributed by atoms with Gasteiger partial charge in [0.1, 0.15) is 0 Å². The van der Waals surface area contributed by atoms with Crippen molar-refractivity contribution in [2.45, 2.75) is 20.3 Å². The Kier molecular flexibility index (Phi) is 8.83. The van der Waals surface area contributed by atoms with Gasteiger partial charge in [0.15, 0.2) is 0 Å². The monoisotopic (exact) mass is 412 g/mol. The molecule has 0 atom stereocenters. The van der Waals surface area contributed by atoms with Crippen molar-refractivity contribution in [3.63, 3.8) is 0 Å². The van der Waals surface area contributed by atoms with E-state index in [0.29, 0.717) is 10.6 Å². The highest BCUT2D eigenvalue weighted by atomic mass is 16.5. The maximum atomic E-state index is 12.3. The van der Waals surface area contributed by atoms with E-state index in [-0.39, 0.29) is 38.0 Å². The molecule has 0 aliphatic heterocycles. The van der Waals surface area contributed by atoms with Gasteiger partial charge in [-0.25, -0.2) is 9.86 Å². The second-order valence-corrected chi connectivity index (χ2v) is 6.72. The number of hydrogen-bond acceptors (Lipinski definition) is 4. The van der Waals surface area contributed by atoms with Crippen molar-refractivity contribution in [3.05, 3.63) is 59.7 Å². The van der Waals surface area contributed by atoms with Gasteiger partial charge in [-0.3, -0.25) is 14.8 Å². The highest BCUT2D eigenvalue weighted by molar-refractivity contribution is 5.94. The number of amides is 4. The maximum absolute atomic E-state index is 12.3. The van der Waals surface area contributed by atoms with Crippen molar-refractivity contribution in [3.8, 4) is 11.1 Å². The number of rotatable bonds is 9. The predicted molar refractivity (Wildman–Crippen MR) is 114 cm³/mol. The zero-order valence-electron chi connectivity index (χ0n) is 17.3. The second kappa shape index (κ2) is 11.6. The molecule has 0 unspecified atom stereocenters.